The molecule has 0 amide bonds. The van der Waals surface area contributed by atoms with Crippen molar-refractivity contribution in [2.45, 2.75) is 13.5 Å². The molecule has 0 aliphatic carbocycles. The van der Waals surface area contributed by atoms with Crippen LogP contribution in [0.15, 0.2) is 52.3 Å². The Bertz CT molecular complexity index is 1180. The van der Waals surface area contributed by atoms with Crippen molar-refractivity contribution in [3.8, 4) is 5.88 Å². The molecule has 0 bridgehead atoms. The molecule has 0 unspecified atom stereocenters. The smallest absolute Gasteiger partial charge is 0.310 e. The summed E-state index contributed by atoms with van der Waals surface area (Å²) in [4.78, 5) is 17.0. The van der Waals surface area contributed by atoms with Gasteiger partial charge in [-0.05, 0) is 36.8 Å². The Hall–Kier alpha value is -2.70. The Morgan fingerprint density at radius 3 is 2.85 bits per heavy atom. The molecule has 0 atom stereocenters. The molecule has 0 saturated carbocycles. The van der Waals surface area contributed by atoms with E-state index in [9.17, 15) is 14.3 Å². The van der Waals surface area contributed by atoms with E-state index < -0.39 is 5.82 Å². The van der Waals surface area contributed by atoms with Crippen LogP contribution < -0.4 is 4.87 Å². The molecule has 3 aromatic rings. The number of para-hydroxylation sites is 1. The first-order chi connectivity index (χ1) is 12.9. The molecule has 0 spiro atoms. The van der Waals surface area contributed by atoms with Crippen LogP contribution in [0.4, 0.5) is 10.1 Å². The zero-order chi connectivity index (χ0) is 19.1. The first kappa shape index (κ1) is 17.7. The lowest BCUT2D eigenvalue weighted by molar-refractivity contribution is 0.420. The van der Waals surface area contributed by atoms with E-state index in [1.807, 2.05) is 31.2 Å². The zero-order valence-corrected chi connectivity index (χ0v) is 15.8. The molecule has 4 nitrogen and oxygen atoms in total. The minimum Gasteiger partial charge on any atom is -0.493 e. The molecule has 27 heavy (non-hydrogen) atoms. The summed E-state index contributed by atoms with van der Waals surface area (Å²) in [6, 6.07) is 11.7. The van der Waals surface area contributed by atoms with Gasteiger partial charge in [-0.1, -0.05) is 47.2 Å². The van der Waals surface area contributed by atoms with Crippen LogP contribution in [-0.2, 0) is 6.54 Å². The van der Waals surface area contributed by atoms with E-state index in [1.165, 1.54) is 22.8 Å². The number of aliphatic imine (C=N–C) groups is 1. The van der Waals surface area contributed by atoms with Crippen LogP contribution in [0.2, 0.25) is 5.02 Å². The van der Waals surface area contributed by atoms with Gasteiger partial charge in [0, 0.05) is 21.9 Å². The molecule has 2 aromatic carbocycles. The van der Waals surface area contributed by atoms with Crippen molar-refractivity contribution in [3.63, 3.8) is 0 Å². The summed E-state index contributed by atoms with van der Waals surface area (Å²) in [7, 11) is 0. The largest absolute Gasteiger partial charge is 0.493 e. The molecule has 1 aliphatic rings. The average Bonchev–Trinajstić information content (AvgIpc) is 3.08. The Kier molecular flexibility index (Phi) is 4.45. The molecule has 4 rings (SSSR count). The molecule has 1 aliphatic heterocycles. The predicted molar refractivity (Wildman–Crippen MR) is 108 cm³/mol. The van der Waals surface area contributed by atoms with Gasteiger partial charge in [-0.2, -0.15) is 0 Å². The number of aromatic nitrogens is 1. The Morgan fingerprint density at radius 2 is 2.07 bits per heavy atom. The van der Waals surface area contributed by atoms with E-state index in [4.69, 9.17) is 11.6 Å². The third kappa shape index (κ3) is 3.22. The predicted octanol–water partition coefficient (Wildman–Crippen LogP) is 5.10. The lowest BCUT2D eigenvalue weighted by Crippen LogP contribution is -2.13. The number of nitrogens with zero attached hydrogens (tertiary/aromatic N) is 2. The van der Waals surface area contributed by atoms with Crippen LogP contribution in [0.3, 0.4) is 0 Å². The third-order valence-corrected chi connectivity index (χ3v) is 5.65. The SMILES string of the molecule is CC1=Nc2ccccc2/C1=C\c1sc(=O)n(Cc2ccc(F)cc2Cl)c1O. The second-order valence-corrected chi connectivity index (χ2v) is 7.55. The normalized spacial score (nSPS) is 14.5. The van der Waals surface area contributed by atoms with Crippen LogP contribution >= 0.6 is 22.9 Å². The maximum atomic E-state index is 13.2. The summed E-state index contributed by atoms with van der Waals surface area (Å²) in [6.45, 7) is 1.95. The van der Waals surface area contributed by atoms with E-state index in [0.29, 0.717) is 10.4 Å². The summed E-state index contributed by atoms with van der Waals surface area (Å²) in [6.07, 6.45) is 1.77. The highest BCUT2D eigenvalue weighted by atomic mass is 35.5. The molecular formula is C20H14ClFN2O2S. The topological polar surface area (TPSA) is 54.6 Å². The van der Waals surface area contributed by atoms with E-state index >= 15 is 0 Å². The number of thiazole rings is 1. The molecule has 0 fully saturated rings. The maximum absolute atomic E-state index is 13.2. The first-order valence-corrected chi connectivity index (χ1v) is 9.37. The molecule has 136 valence electrons. The fourth-order valence-electron chi connectivity index (χ4n) is 3.02. The number of halogens is 2. The number of hydrogen-bond acceptors (Lipinski definition) is 4. The molecule has 1 N–H and O–H groups in total. The van der Waals surface area contributed by atoms with Crippen LogP contribution in [0.5, 0.6) is 5.88 Å². The van der Waals surface area contributed by atoms with Gasteiger partial charge in [0.15, 0.2) is 0 Å². The number of allylic oxidation sites excluding steroid dienone is 1. The minimum absolute atomic E-state index is 0.0626. The number of rotatable bonds is 3. The first-order valence-electron chi connectivity index (χ1n) is 8.17. The summed E-state index contributed by atoms with van der Waals surface area (Å²) in [5, 5.41) is 10.8. The standard InChI is InChI=1S/C20H14ClFN2O2S/c1-11-15(14-4-2-3-5-17(14)23-11)9-18-19(25)24(20(26)27-18)10-12-6-7-13(22)8-16(12)21/h2-9,25H,10H2,1H3/b15-9-. The molecule has 0 saturated heterocycles. The van der Waals surface area contributed by atoms with E-state index in [0.717, 1.165) is 33.9 Å². The van der Waals surface area contributed by atoms with Crippen LogP contribution in [0.1, 0.15) is 22.9 Å². The van der Waals surface area contributed by atoms with Gasteiger partial charge in [-0.15, -0.1) is 0 Å². The maximum Gasteiger partial charge on any atom is 0.310 e. The van der Waals surface area contributed by atoms with Gasteiger partial charge in [-0.25, -0.2) is 4.39 Å². The fraction of sp³-hybridized carbons (Fsp3) is 0.100. The lowest BCUT2D eigenvalue weighted by atomic mass is 10.0. The lowest BCUT2D eigenvalue weighted by Gasteiger charge is -2.06. The van der Waals surface area contributed by atoms with Crippen molar-refractivity contribution in [3.05, 3.63) is 79.0 Å². The third-order valence-electron chi connectivity index (χ3n) is 4.38. The van der Waals surface area contributed by atoms with Gasteiger partial charge in [-0.3, -0.25) is 14.4 Å². The van der Waals surface area contributed by atoms with Crippen molar-refractivity contribution in [1.82, 2.24) is 4.57 Å². The van der Waals surface area contributed by atoms with E-state index in [1.54, 1.807) is 6.08 Å². The van der Waals surface area contributed by atoms with Crippen molar-refractivity contribution in [2.75, 3.05) is 0 Å². The fourth-order valence-corrected chi connectivity index (χ4v) is 4.07. The van der Waals surface area contributed by atoms with Crippen molar-refractivity contribution < 1.29 is 9.50 Å². The van der Waals surface area contributed by atoms with Crippen molar-refractivity contribution in [1.29, 1.82) is 0 Å². The van der Waals surface area contributed by atoms with E-state index in [-0.39, 0.29) is 22.3 Å². The van der Waals surface area contributed by atoms with Gasteiger partial charge in [0.1, 0.15) is 5.82 Å². The second kappa shape index (κ2) is 6.79. The molecule has 2 heterocycles. The molecule has 0 radical (unpaired) electrons. The summed E-state index contributed by atoms with van der Waals surface area (Å²) >= 11 is 6.98. The van der Waals surface area contributed by atoms with Gasteiger partial charge in [0.25, 0.3) is 0 Å². The van der Waals surface area contributed by atoms with Crippen molar-refractivity contribution >= 4 is 46.0 Å². The average molecular weight is 401 g/mol. The van der Waals surface area contributed by atoms with Gasteiger partial charge < -0.3 is 5.11 Å². The quantitative estimate of drug-likeness (QED) is 0.664. The van der Waals surface area contributed by atoms with Crippen LogP contribution in [0.25, 0.3) is 11.6 Å². The number of benzene rings is 2. The highest BCUT2D eigenvalue weighted by molar-refractivity contribution is 7.10. The van der Waals surface area contributed by atoms with Crippen LogP contribution in [-0.4, -0.2) is 15.4 Å². The Labute approximate surface area is 163 Å². The number of fused-ring (bicyclic) bond motifs is 1. The zero-order valence-electron chi connectivity index (χ0n) is 14.2. The van der Waals surface area contributed by atoms with Gasteiger partial charge >= 0.3 is 4.87 Å². The number of hydrogen-bond donors (Lipinski definition) is 1. The minimum atomic E-state index is -0.453. The van der Waals surface area contributed by atoms with E-state index in [2.05, 4.69) is 4.99 Å². The summed E-state index contributed by atoms with van der Waals surface area (Å²) in [5.41, 5.74) is 4.07. The highest BCUT2D eigenvalue weighted by Gasteiger charge is 2.20. The van der Waals surface area contributed by atoms with Gasteiger partial charge in [0.2, 0.25) is 5.88 Å². The molecular weight excluding hydrogens is 387 g/mol. The molecule has 7 heteroatoms. The second-order valence-electron chi connectivity index (χ2n) is 6.15. The Morgan fingerprint density at radius 1 is 1.30 bits per heavy atom. The highest BCUT2D eigenvalue weighted by Crippen LogP contribution is 2.37. The summed E-state index contributed by atoms with van der Waals surface area (Å²) < 4.78 is 14.4. The van der Waals surface area contributed by atoms with Crippen LogP contribution in [0, 0.1) is 5.82 Å². The molecule has 1 aromatic heterocycles. The number of aromatic hydroxyl groups is 1. The monoisotopic (exact) mass is 400 g/mol. The van der Waals surface area contributed by atoms with Gasteiger partial charge in [0.05, 0.1) is 17.1 Å². The van der Waals surface area contributed by atoms with Crippen molar-refractivity contribution in [2.24, 2.45) is 4.99 Å². The summed E-state index contributed by atoms with van der Waals surface area (Å²) in [5.74, 6) is -0.596. The Balaban J connectivity index is 1.74.